The lowest BCUT2D eigenvalue weighted by molar-refractivity contribution is -0.129. The quantitative estimate of drug-likeness (QED) is 0.129. The van der Waals surface area contributed by atoms with E-state index in [-0.39, 0.29) is 34.7 Å². The summed E-state index contributed by atoms with van der Waals surface area (Å²) in [5.41, 5.74) is 4.01. The summed E-state index contributed by atoms with van der Waals surface area (Å²) in [6.07, 6.45) is 1.55. The maximum atomic E-state index is 15.5. The molecule has 45 heavy (non-hydrogen) atoms. The number of aryl methyl sites for hydroxylation is 1. The van der Waals surface area contributed by atoms with E-state index in [4.69, 9.17) is 5.21 Å². The van der Waals surface area contributed by atoms with E-state index >= 15 is 4.39 Å². The number of carbonyl (C=O) groups excluding carboxylic acids is 3. The van der Waals surface area contributed by atoms with E-state index < -0.39 is 39.6 Å². The van der Waals surface area contributed by atoms with Crippen molar-refractivity contribution in [2.75, 3.05) is 0 Å². The lowest BCUT2D eigenvalue weighted by Crippen LogP contribution is -2.40. The Bertz CT molecular complexity index is 1790. The zero-order valence-corrected chi connectivity index (χ0v) is 25.6. The van der Waals surface area contributed by atoms with Gasteiger partial charge in [0, 0.05) is 36.2 Å². The molecule has 0 aliphatic rings. The molecule has 1 heterocycles. The minimum absolute atomic E-state index is 0.0361. The van der Waals surface area contributed by atoms with Crippen LogP contribution < -0.4 is 15.5 Å². The molecule has 0 saturated carbocycles. The highest BCUT2D eigenvalue weighted by Crippen LogP contribution is 2.30. The number of benzene rings is 3. The van der Waals surface area contributed by atoms with Crippen LogP contribution >= 0.6 is 0 Å². The third-order valence-electron chi connectivity index (χ3n) is 6.93. The summed E-state index contributed by atoms with van der Waals surface area (Å²) >= 11 is 0. The van der Waals surface area contributed by atoms with Gasteiger partial charge in [0.2, 0.25) is 11.8 Å². The summed E-state index contributed by atoms with van der Waals surface area (Å²) < 4.78 is 44.4. The van der Waals surface area contributed by atoms with E-state index in [1.807, 2.05) is 42.0 Å². The second kappa shape index (κ2) is 14.7. The van der Waals surface area contributed by atoms with Gasteiger partial charge in [-0.25, -0.2) is 23.0 Å². The standard InChI is InChI=1S/C32H34FN5O6S/c1-3-9-25-19-29(32(41)34-24(18-31(40)36-42)16-22-10-5-4-6-11-22)35-38(25)20-23-14-15-26(28(33)17-23)27-12-7-8-13-30(27)45(43,44)37-21(2)39/h4-8,10-15,17,19,24,42H,3,9,16,18,20H2,1-2H3,(H,34,41)(H,36,40)(H,37,39)/t24-/m1/s1. The van der Waals surface area contributed by atoms with Crippen molar-refractivity contribution in [2.45, 2.75) is 57.0 Å². The molecule has 0 aliphatic carbocycles. The summed E-state index contributed by atoms with van der Waals surface area (Å²) in [5, 5.41) is 16.3. The van der Waals surface area contributed by atoms with Gasteiger partial charge in [0.05, 0.1) is 11.4 Å². The molecule has 0 saturated heterocycles. The fourth-order valence-corrected chi connectivity index (χ4v) is 6.19. The number of nitrogens with one attached hydrogen (secondary N) is 3. The average Bonchev–Trinajstić information content (AvgIpc) is 3.39. The molecule has 1 aromatic heterocycles. The van der Waals surface area contributed by atoms with E-state index in [1.165, 1.54) is 30.3 Å². The molecule has 11 nitrogen and oxygen atoms in total. The smallest absolute Gasteiger partial charge is 0.272 e. The molecule has 0 spiro atoms. The molecular formula is C32H34FN5O6S. The van der Waals surface area contributed by atoms with Crippen LogP contribution in [0, 0.1) is 5.82 Å². The van der Waals surface area contributed by atoms with Gasteiger partial charge >= 0.3 is 0 Å². The summed E-state index contributed by atoms with van der Waals surface area (Å²) in [4.78, 5) is 36.4. The molecule has 3 amide bonds. The molecule has 0 unspecified atom stereocenters. The summed E-state index contributed by atoms with van der Waals surface area (Å²) in [6, 6.07) is 20.5. The van der Waals surface area contributed by atoms with Crippen molar-refractivity contribution < 1.29 is 32.4 Å². The van der Waals surface area contributed by atoms with Gasteiger partial charge in [-0.1, -0.05) is 74.0 Å². The molecule has 0 radical (unpaired) electrons. The Morgan fingerprint density at radius 2 is 1.67 bits per heavy atom. The maximum Gasteiger partial charge on any atom is 0.272 e. The van der Waals surface area contributed by atoms with Crippen molar-refractivity contribution in [1.82, 2.24) is 25.3 Å². The molecule has 0 bridgehead atoms. The molecule has 4 N–H and O–H groups in total. The largest absolute Gasteiger partial charge is 0.347 e. The number of carbonyl (C=O) groups is 3. The molecule has 3 aromatic carbocycles. The topological polar surface area (TPSA) is 159 Å². The maximum absolute atomic E-state index is 15.5. The number of halogens is 1. The predicted molar refractivity (Wildman–Crippen MR) is 164 cm³/mol. The Morgan fingerprint density at radius 3 is 2.33 bits per heavy atom. The zero-order valence-electron chi connectivity index (χ0n) is 24.8. The van der Waals surface area contributed by atoms with E-state index in [2.05, 4.69) is 10.4 Å². The Labute approximate surface area is 260 Å². The Kier molecular flexibility index (Phi) is 10.8. The highest BCUT2D eigenvalue weighted by atomic mass is 32.2. The van der Waals surface area contributed by atoms with E-state index in [0.717, 1.165) is 24.6 Å². The van der Waals surface area contributed by atoms with Gasteiger partial charge < -0.3 is 5.32 Å². The number of nitrogens with zero attached hydrogens (tertiary/aromatic N) is 2. The van der Waals surface area contributed by atoms with Gasteiger partial charge in [-0.2, -0.15) is 5.10 Å². The molecule has 4 rings (SSSR count). The third-order valence-corrected chi connectivity index (χ3v) is 8.42. The first kappa shape index (κ1) is 33.0. The van der Waals surface area contributed by atoms with Gasteiger partial charge in [-0.15, -0.1) is 0 Å². The van der Waals surface area contributed by atoms with Crippen molar-refractivity contribution in [2.24, 2.45) is 0 Å². The SMILES string of the molecule is CCCc1cc(C(=O)N[C@@H](CC(=O)NO)Cc2ccccc2)nn1Cc1ccc(-c2ccccc2S(=O)(=O)NC(C)=O)c(F)c1. The van der Waals surface area contributed by atoms with Crippen LogP contribution in [0.5, 0.6) is 0 Å². The zero-order chi connectivity index (χ0) is 32.6. The molecule has 1 atom stereocenters. The fraction of sp³-hybridized carbons (Fsp3) is 0.250. The van der Waals surface area contributed by atoms with Gasteiger partial charge in [-0.3, -0.25) is 24.3 Å². The fourth-order valence-electron chi connectivity index (χ4n) is 4.98. The monoisotopic (exact) mass is 635 g/mol. The van der Waals surface area contributed by atoms with Crippen LogP contribution in [0.2, 0.25) is 0 Å². The summed E-state index contributed by atoms with van der Waals surface area (Å²) in [6.45, 7) is 3.18. The van der Waals surface area contributed by atoms with Gasteiger partial charge in [0.25, 0.3) is 15.9 Å². The first-order valence-corrected chi connectivity index (χ1v) is 15.7. The van der Waals surface area contributed by atoms with E-state index in [9.17, 15) is 22.8 Å². The van der Waals surface area contributed by atoms with Crippen LogP contribution in [-0.4, -0.2) is 47.2 Å². The van der Waals surface area contributed by atoms with E-state index in [0.29, 0.717) is 18.4 Å². The summed E-state index contributed by atoms with van der Waals surface area (Å²) in [7, 11) is -4.22. The highest BCUT2D eigenvalue weighted by molar-refractivity contribution is 7.90. The first-order valence-electron chi connectivity index (χ1n) is 14.3. The third kappa shape index (κ3) is 8.61. The van der Waals surface area contributed by atoms with Gasteiger partial charge in [0.1, 0.15) is 11.5 Å². The molecule has 13 heteroatoms. The lowest BCUT2D eigenvalue weighted by Gasteiger charge is -2.17. The van der Waals surface area contributed by atoms with Crippen LogP contribution in [0.3, 0.4) is 0 Å². The average molecular weight is 636 g/mol. The van der Waals surface area contributed by atoms with E-state index in [1.54, 1.807) is 28.4 Å². The normalized spacial score (nSPS) is 11.9. The van der Waals surface area contributed by atoms with Crippen LogP contribution in [0.15, 0.2) is 83.8 Å². The minimum Gasteiger partial charge on any atom is -0.347 e. The number of amides is 3. The second-order valence-corrected chi connectivity index (χ2v) is 12.2. The van der Waals surface area contributed by atoms with Crippen molar-refractivity contribution in [1.29, 1.82) is 0 Å². The second-order valence-electron chi connectivity index (χ2n) is 10.5. The van der Waals surface area contributed by atoms with Crippen molar-refractivity contribution in [3.8, 4) is 11.1 Å². The summed E-state index contributed by atoms with van der Waals surface area (Å²) in [5.74, 6) is -2.59. The van der Waals surface area contributed by atoms with Crippen LogP contribution in [0.1, 0.15) is 54.0 Å². The molecule has 236 valence electrons. The number of rotatable bonds is 13. The number of hydrogen-bond acceptors (Lipinski definition) is 7. The Balaban J connectivity index is 1.57. The van der Waals surface area contributed by atoms with Gasteiger partial charge in [-0.05, 0) is 42.2 Å². The number of hydrogen-bond donors (Lipinski definition) is 4. The minimum atomic E-state index is -4.22. The number of hydroxylamine groups is 1. The van der Waals surface area contributed by atoms with Crippen LogP contribution in [0.25, 0.3) is 11.1 Å². The molecule has 0 aliphatic heterocycles. The van der Waals surface area contributed by atoms with Crippen molar-refractivity contribution in [3.63, 3.8) is 0 Å². The van der Waals surface area contributed by atoms with Crippen molar-refractivity contribution >= 4 is 27.7 Å². The van der Waals surface area contributed by atoms with Crippen molar-refractivity contribution in [3.05, 3.63) is 107 Å². The molecular weight excluding hydrogens is 601 g/mol. The lowest BCUT2D eigenvalue weighted by atomic mass is 10.0. The molecule has 0 fully saturated rings. The Hall–Kier alpha value is -4.88. The highest BCUT2D eigenvalue weighted by Gasteiger charge is 2.23. The van der Waals surface area contributed by atoms with Crippen LogP contribution in [0.4, 0.5) is 4.39 Å². The first-order chi connectivity index (χ1) is 21.5. The molecule has 4 aromatic rings. The number of aromatic nitrogens is 2. The Morgan fingerprint density at radius 1 is 0.956 bits per heavy atom. The number of sulfonamides is 1. The predicted octanol–water partition coefficient (Wildman–Crippen LogP) is 3.75. The van der Waals surface area contributed by atoms with Gasteiger partial charge in [0.15, 0.2) is 0 Å². The van der Waals surface area contributed by atoms with Crippen LogP contribution in [-0.2, 0) is 39.0 Å².